The zero-order valence-corrected chi connectivity index (χ0v) is 20.0. The minimum absolute atomic E-state index is 0.103. The van der Waals surface area contributed by atoms with Crippen LogP contribution in [-0.4, -0.2) is 52.9 Å². The van der Waals surface area contributed by atoms with Crippen LogP contribution in [0.3, 0.4) is 0 Å². The molecule has 0 aliphatic carbocycles. The highest BCUT2D eigenvalue weighted by Crippen LogP contribution is 2.26. The number of carbonyl (C=O) groups is 1. The number of carboxylic acid groups (broad SMARTS) is 1. The van der Waals surface area contributed by atoms with E-state index in [1.165, 1.54) is 11.6 Å². The van der Waals surface area contributed by atoms with Crippen LogP contribution in [0, 0.1) is 12.7 Å². The van der Waals surface area contributed by atoms with Gasteiger partial charge in [0, 0.05) is 24.0 Å². The minimum Gasteiger partial charge on any atom is -0.481 e. The molecule has 1 saturated heterocycles. The lowest BCUT2D eigenvalue weighted by atomic mass is 9.98. The number of halogens is 2. The molecule has 5 nitrogen and oxygen atoms in total. The van der Waals surface area contributed by atoms with Gasteiger partial charge in [-0.2, -0.15) is 0 Å². The Labute approximate surface area is 200 Å². The molecule has 2 aromatic carbocycles. The van der Waals surface area contributed by atoms with Crippen LogP contribution in [0.15, 0.2) is 36.4 Å². The summed E-state index contributed by atoms with van der Waals surface area (Å²) in [6.07, 6.45) is 1.88. The van der Waals surface area contributed by atoms with Crippen LogP contribution in [0.5, 0.6) is 0 Å². The number of aliphatic carboxylic acids is 1. The minimum atomic E-state index is -0.971. The van der Waals surface area contributed by atoms with Gasteiger partial charge in [0.2, 0.25) is 0 Å². The van der Waals surface area contributed by atoms with Crippen molar-refractivity contribution < 1.29 is 24.1 Å². The first-order chi connectivity index (χ1) is 15.7. The Bertz CT molecular complexity index is 954. The third-order valence-electron chi connectivity index (χ3n) is 6.37. The van der Waals surface area contributed by atoms with E-state index in [1.807, 2.05) is 19.1 Å². The third-order valence-corrected chi connectivity index (χ3v) is 6.78. The lowest BCUT2D eigenvalue weighted by Crippen LogP contribution is -2.39. The Balaban J connectivity index is 1.54. The summed E-state index contributed by atoms with van der Waals surface area (Å²) in [5.41, 5.74) is 3.24. The average Bonchev–Trinajstić information content (AvgIpc) is 3.19. The van der Waals surface area contributed by atoms with Gasteiger partial charge in [0.05, 0.1) is 18.8 Å². The van der Waals surface area contributed by atoms with E-state index in [2.05, 4.69) is 11.0 Å². The van der Waals surface area contributed by atoms with Crippen LogP contribution in [-0.2, 0) is 22.4 Å². The van der Waals surface area contributed by atoms with E-state index in [4.69, 9.17) is 21.4 Å². The highest BCUT2D eigenvalue weighted by molar-refractivity contribution is 6.31. The van der Waals surface area contributed by atoms with Gasteiger partial charge < -0.3 is 14.9 Å². The second-order valence-electron chi connectivity index (χ2n) is 8.91. The number of carboxylic acids is 1. The normalized spacial score (nSPS) is 18.4. The van der Waals surface area contributed by atoms with Crippen LogP contribution in [0.4, 0.5) is 4.39 Å². The van der Waals surface area contributed by atoms with Crippen molar-refractivity contribution >= 4 is 17.6 Å². The molecular formula is C26H33ClFNO4. The molecule has 0 aromatic heterocycles. The molecule has 3 rings (SSSR count). The number of hydrogen-bond acceptors (Lipinski definition) is 4. The number of likely N-dealkylation sites (tertiary alicyclic amines) is 1. The van der Waals surface area contributed by atoms with Gasteiger partial charge in [-0.25, -0.2) is 4.39 Å². The fourth-order valence-electron chi connectivity index (χ4n) is 4.52. The van der Waals surface area contributed by atoms with E-state index < -0.39 is 24.0 Å². The molecule has 2 unspecified atom stereocenters. The fourth-order valence-corrected chi connectivity index (χ4v) is 4.73. The van der Waals surface area contributed by atoms with E-state index >= 15 is 0 Å². The number of β-amino-alcohol motifs (C(OH)–C–C–N with tert-alkyl or cyclic N) is 1. The van der Waals surface area contributed by atoms with Crippen LogP contribution in [0.1, 0.15) is 54.5 Å². The number of hydrogen-bond donors (Lipinski definition) is 2. The summed E-state index contributed by atoms with van der Waals surface area (Å²) in [7, 11) is 0. The highest BCUT2D eigenvalue weighted by atomic mass is 35.5. The van der Waals surface area contributed by atoms with Gasteiger partial charge in [0.1, 0.15) is 5.82 Å². The summed E-state index contributed by atoms with van der Waals surface area (Å²) >= 11 is 6.27. The number of aliphatic hydroxyl groups is 1. The van der Waals surface area contributed by atoms with E-state index in [0.29, 0.717) is 23.7 Å². The third kappa shape index (κ3) is 7.24. The van der Waals surface area contributed by atoms with Crippen LogP contribution >= 0.6 is 11.6 Å². The lowest BCUT2D eigenvalue weighted by molar-refractivity contribution is -0.136. The second kappa shape index (κ2) is 11.9. The van der Waals surface area contributed by atoms with Gasteiger partial charge in [-0.05, 0) is 80.5 Å². The number of rotatable bonds is 11. The maximum atomic E-state index is 14.3. The smallest absolute Gasteiger partial charge is 0.303 e. The monoisotopic (exact) mass is 477 g/mol. The summed E-state index contributed by atoms with van der Waals surface area (Å²) in [5, 5.41) is 20.4. The number of benzene rings is 2. The summed E-state index contributed by atoms with van der Waals surface area (Å²) in [6.45, 7) is 5.34. The molecule has 0 amide bonds. The average molecular weight is 478 g/mol. The van der Waals surface area contributed by atoms with E-state index in [0.717, 1.165) is 36.4 Å². The van der Waals surface area contributed by atoms with Crippen LogP contribution in [0.25, 0.3) is 0 Å². The summed E-state index contributed by atoms with van der Waals surface area (Å²) in [4.78, 5) is 13.2. The molecule has 0 spiro atoms. The van der Waals surface area contributed by atoms with Crippen molar-refractivity contribution in [3.05, 3.63) is 69.5 Å². The van der Waals surface area contributed by atoms with Gasteiger partial charge in [-0.1, -0.05) is 35.9 Å². The zero-order valence-electron chi connectivity index (χ0n) is 19.3. The molecule has 2 N–H and O–H groups in total. The first-order valence-corrected chi connectivity index (χ1v) is 11.9. The molecule has 1 aliphatic rings. The topological polar surface area (TPSA) is 70.0 Å². The molecule has 0 saturated carbocycles. The van der Waals surface area contributed by atoms with Crippen LogP contribution in [0.2, 0.25) is 5.02 Å². The highest BCUT2D eigenvalue weighted by Gasteiger charge is 2.27. The first-order valence-electron chi connectivity index (χ1n) is 11.5. The SMILES string of the molecule is Cc1ccc(C[C@@H]2CCCN2CC(O)COC(C)c2cccc(F)c2CCC(=O)O)cc1Cl. The number of nitrogens with zero attached hydrogens (tertiary/aromatic N) is 1. The second-order valence-corrected chi connectivity index (χ2v) is 9.32. The molecule has 33 heavy (non-hydrogen) atoms. The Hall–Kier alpha value is -1.99. The molecule has 180 valence electrons. The molecule has 1 aliphatic heterocycles. The van der Waals surface area contributed by atoms with Gasteiger partial charge in [-0.15, -0.1) is 0 Å². The molecule has 1 fully saturated rings. The molecule has 7 heteroatoms. The molecule has 2 aromatic rings. The molecule has 3 atom stereocenters. The lowest BCUT2D eigenvalue weighted by Gasteiger charge is -2.28. The predicted octanol–water partition coefficient (Wildman–Crippen LogP) is 4.95. The fraction of sp³-hybridized carbons (Fsp3) is 0.500. The zero-order chi connectivity index (χ0) is 24.0. The van der Waals surface area contributed by atoms with E-state index in [1.54, 1.807) is 19.1 Å². The maximum Gasteiger partial charge on any atom is 0.303 e. The Kier molecular flexibility index (Phi) is 9.27. The Morgan fingerprint density at radius 2 is 2.12 bits per heavy atom. The molecule has 1 heterocycles. The van der Waals surface area contributed by atoms with Crippen LogP contribution < -0.4 is 0 Å². The standard InChI is InChI=1S/C26H33ClFNO4/c1-17-8-9-19(14-24(17)27)13-20-5-4-12-29(20)15-21(30)16-33-18(2)22-6-3-7-25(28)23(22)10-11-26(31)32/h3,6-9,14,18,20-21,30H,4-5,10-13,15-16H2,1-2H3,(H,31,32)/t18?,20-,21?/m0/s1. The van der Waals surface area contributed by atoms with Crippen molar-refractivity contribution in [1.82, 2.24) is 4.90 Å². The van der Waals surface area contributed by atoms with Crippen molar-refractivity contribution in [1.29, 1.82) is 0 Å². The number of aliphatic hydroxyl groups excluding tert-OH is 1. The maximum absolute atomic E-state index is 14.3. The molecule has 0 bridgehead atoms. The van der Waals surface area contributed by atoms with Gasteiger partial charge in [0.25, 0.3) is 0 Å². The quantitative estimate of drug-likeness (QED) is 0.479. The van der Waals surface area contributed by atoms with Gasteiger partial charge in [0.15, 0.2) is 0 Å². The number of aryl methyl sites for hydroxylation is 1. The Morgan fingerprint density at radius 1 is 1.33 bits per heavy atom. The summed E-state index contributed by atoms with van der Waals surface area (Å²) < 4.78 is 20.2. The largest absolute Gasteiger partial charge is 0.481 e. The van der Waals surface area contributed by atoms with Crippen molar-refractivity contribution in [2.75, 3.05) is 19.7 Å². The van der Waals surface area contributed by atoms with Crippen molar-refractivity contribution in [3.63, 3.8) is 0 Å². The van der Waals surface area contributed by atoms with Crippen molar-refractivity contribution in [2.24, 2.45) is 0 Å². The van der Waals surface area contributed by atoms with E-state index in [-0.39, 0.29) is 19.4 Å². The molecular weight excluding hydrogens is 445 g/mol. The van der Waals surface area contributed by atoms with Crippen molar-refractivity contribution in [3.8, 4) is 0 Å². The number of ether oxygens (including phenoxy) is 1. The van der Waals surface area contributed by atoms with Crippen molar-refractivity contribution in [2.45, 2.75) is 64.2 Å². The van der Waals surface area contributed by atoms with E-state index in [9.17, 15) is 14.3 Å². The summed E-state index contributed by atoms with van der Waals surface area (Å²) in [5.74, 6) is -1.40. The Morgan fingerprint density at radius 3 is 2.85 bits per heavy atom. The first kappa shape index (κ1) is 25.6. The molecule has 0 radical (unpaired) electrons. The van der Waals surface area contributed by atoms with Gasteiger partial charge >= 0.3 is 5.97 Å². The predicted molar refractivity (Wildman–Crippen MR) is 127 cm³/mol. The van der Waals surface area contributed by atoms with Gasteiger partial charge in [-0.3, -0.25) is 9.69 Å². The summed E-state index contributed by atoms with van der Waals surface area (Å²) in [6, 6.07) is 11.2.